The number of carbonyl (C=O) groups excluding carboxylic acids is 2. The van der Waals surface area contributed by atoms with Crippen LogP contribution in [0.4, 0.5) is 22.2 Å². The van der Waals surface area contributed by atoms with Crippen molar-refractivity contribution in [1.29, 1.82) is 0 Å². The van der Waals surface area contributed by atoms with Gasteiger partial charge in [0.05, 0.1) is 28.5 Å². The van der Waals surface area contributed by atoms with Crippen LogP contribution >= 0.6 is 11.5 Å². The van der Waals surface area contributed by atoms with Crippen LogP contribution in [0.3, 0.4) is 0 Å². The molecule has 0 bridgehead atoms. The van der Waals surface area contributed by atoms with Crippen molar-refractivity contribution in [2.45, 2.75) is 6.92 Å². The van der Waals surface area contributed by atoms with Crippen LogP contribution in [0.25, 0.3) is 11.0 Å². The zero-order valence-electron chi connectivity index (χ0n) is 20.0. The number of aryl methyl sites for hydroxylation is 1. The largest absolute Gasteiger partial charge is 0.454 e. The average Bonchev–Trinajstić information content (AvgIpc) is 3.54. The van der Waals surface area contributed by atoms with E-state index in [1.165, 1.54) is 0 Å². The summed E-state index contributed by atoms with van der Waals surface area (Å²) in [6.07, 6.45) is 1.61. The van der Waals surface area contributed by atoms with Crippen molar-refractivity contribution in [3.8, 4) is 11.5 Å². The molecular formula is C27H20N6O4S. The first-order valence-corrected chi connectivity index (χ1v) is 12.4. The van der Waals surface area contributed by atoms with Crippen LogP contribution < -0.4 is 25.4 Å². The van der Waals surface area contributed by atoms with Crippen LogP contribution in [0, 0.1) is 6.92 Å². The Hall–Kier alpha value is -5.03. The molecule has 0 atom stereocenters. The molecule has 0 saturated heterocycles. The average molecular weight is 525 g/mol. The Morgan fingerprint density at radius 2 is 1.66 bits per heavy atom. The fourth-order valence-corrected chi connectivity index (χ4v) is 4.77. The monoisotopic (exact) mass is 524 g/mol. The van der Waals surface area contributed by atoms with E-state index in [4.69, 9.17) is 9.47 Å². The highest BCUT2D eigenvalue weighted by Gasteiger charge is 2.20. The maximum Gasteiger partial charge on any atom is 0.260 e. The molecule has 1 aliphatic rings. The maximum absolute atomic E-state index is 13.3. The molecule has 3 aromatic carbocycles. The normalized spacial score (nSPS) is 11.8. The third-order valence-corrected chi connectivity index (χ3v) is 6.65. The molecule has 3 N–H and O–H groups in total. The molecule has 2 aromatic heterocycles. The molecule has 0 fully saturated rings. The van der Waals surface area contributed by atoms with E-state index in [9.17, 15) is 9.59 Å². The van der Waals surface area contributed by atoms with Crippen molar-refractivity contribution in [1.82, 2.24) is 14.3 Å². The summed E-state index contributed by atoms with van der Waals surface area (Å²) in [5.41, 5.74) is 3.89. The van der Waals surface area contributed by atoms with Gasteiger partial charge in [-0.25, -0.2) is 4.98 Å². The van der Waals surface area contributed by atoms with Crippen molar-refractivity contribution in [2.24, 2.45) is 0 Å². The van der Waals surface area contributed by atoms with Crippen molar-refractivity contribution < 1.29 is 19.1 Å². The Morgan fingerprint density at radius 1 is 0.868 bits per heavy atom. The number of anilines is 4. The number of carbonyl (C=O) groups is 2. The fourth-order valence-electron chi connectivity index (χ4n) is 3.97. The molecule has 2 amide bonds. The predicted molar refractivity (Wildman–Crippen MR) is 145 cm³/mol. The Labute approximate surface area is 220 Å². The molecule has 0 unspecified atom stereocenters. The number of rotatable bonds is 6. The van der Waals surface area contributed by atoms with E-state index >= 15 is 0 Å². The van der Waals surface area contributed by atoms with Gasteiger partial charge in [-0.3, -0.25) is 14.6 Å². The van der Waals surface area contributed by atoms with Gasteiger partial charge in [-0.2, -0.15) is 4.37 Å². The van der Waals surface area contributed by atoms with Gasteiger partial charge in [0.15, 0.2) is 11.5 Å². The standard InChI is InChI=1S/C27H20N6O4S/c1-15-24(27(38-33-15)32-23-13-28-19-7-2-3-8-20(19)31-23)26(35)30-17-6-4-5-16(11-17)25(34)29-18-9-10-21-22(12-18)37-14-36-21/h2-13H,14H2,1H3,(H,29,34)(H,30,35)(H,31,32). The van der Waals surface area contributed by atoms with E-state index in [0.717, 1.165) is 22.6 Å². The van der Waals surface area contributed by atoms with Crippen molar-refractivity contribution >= 4 is 56.6 Å². The summed E-state index contributed by atoms with van der Waals surface area (Å²) < 4.78 is 15.0. The van der Waals surface area contributed by atoms with Gasteiger partial charge in [0.2, 0.25) is 6.79 Å². The third kappa shape index (κ3) is 4.70. The van der Waals surface area contributed by atoms with Crippen LogP contribution in [0.2, 0.25) is 0 Å². The van der Waals surface area contributed by atoms with Gasteiger partial charge in [-0.05, 0) is 60.9 Å². The zero-order chi connectivity index (χ0) is 26.1. The van der Waals surface area contributed by atoms with Gasteiger partial charge in [0, 0.05) is 23.0 Å². The van der Waals surface area contributed by atoms with E-state index in [1.54, 1.807) is 55.6 Å². The van der Waals surface area contributed by atoms with E-state index in [1.807, 2.05) is 24.3 Å². The summed E-state index contributed by atoms with van der Waals surface area (Å²) in [7, 11) is 0. The number of amides is 2. The zero-order valence-corrected chi connectivity index (χ0v) is 20.8. The number of aromatic nitrogens is 3. The number of nitrogens with zero attached hydrogens (tertiary/aromatic N) is 3. The number of para-hydroxylation sites is 2. The number of hydrogen-bond acceptors (Lipinski definition) is 9. The molecule has 5 aromatic rings. The molecule has 0 saturated carbocycles. The second kappa shape index (κ2) is 9.79. The minimum Gasteiger partial charge on any atom is -0.454 e. The first-order chi connectivity index (χ1) is 18.5. The van der Waals surface area contributed by atoms with Gasteiger partial charge in [0.25, 0.3) is 11.8 Å². The lowest BCUT2D eigenvalue weighted by molar-refractivity contribution is 0.101. The Morgan fingerprint density at radius 3 is 2.55 bits per heavy atom. The van der Waals surface area contributed by atoms with Gasteiger partial charge in [-0.1, -0.05) is 18.2 Å². The van der Waals surface area contributed by atoms with Crippen LogP contribution in [0.5, 0.6) is 11.5 Å². The van der Waals surface area contributed by atoms with Gasteiger partial charge in [0.1, 0.15) is 10.8 Å². The maximum atomic E-state index is 13.3. The third-order valence-electron chi connectivity index (χ3n) is 5.79. The highest BCUT2D eigenvalue weighted by atomic mass is 32.1. The molecule has 0 aliphatic carbocycles. The molecular weight excluding hydrogens is 504 g/mol. The SMILES string of the molecule is Cc1nsc(Nc2cnc3ccccc3n2)c1C(=O)Nc1cccc(C(=O)Nc2ccc3c(c2)OCO3)c1. The smallest absolute Gasteiger partial charge is 0.260 e. The van der Waals surface area contributed by atoms with Crippen molar-refractivity contribution in [3.05, 3.63) is 89.7 Å². The quantitative estimate of drug-likeness (QED) is 0.270. The Balaban J connectivity index is 1.18. The lowest BCUT2D eigenvalue weighted by Gasteiger charge is -2.10. The fraction of sp³-hybridized carbons (Fsp3) is 0.0741. The molecule has 38 heavy (non-hydrogen) atoms. The van der Waals surface area contributed by atoms with Gasteiger partial charge in [-0.15, -0.1) is 0 Å². The topological polar surface area (TPSA) is 127 Å². The Kier molecular flexibility index (Phi) is 6.02. The summed E-state index contributed by atoms with van der Waals surface area (Å²) in [4.78, 5) is 35.1. The van der Waals surface area contributed by atoms with Crippen molar-refractivity contribution in [3.63, 3.8) is 0 Å². The first kappa shape index (κ1) is 23.4. The molecule has 3 heterocycles. The highest BCUT2D eigenvalue weighted by molar-refractivity contribution is 7.10. The number of ether oxygens (including phenoxy) is 2. The molecule has 0 radical (unpaired) electrons. The summed E-state index contributed by atoms with van der Waals surface area (Å²) in [6, 6.07) is 19.4. The number of nitrogens with one attached hydrogen (secondary N) is 3. The molecule has 188 valence electrons. The molecule has 0 spiro atoms. The highest BCUT2D eigenvalue weighted by Crippen LogP contribution is 2.34. The minimum atomic E-state index is -0.360. The molecule has 1 aliphatic heterocycles. The molecule has 6 rings (SSSR count). The Bertz CT molecular complexity index is 1700. The lowest BCUT2D eigenvalue weighted by Crippen LogP contribution is -2.16. The van der Waals surface area contributed by atoms with Crippen LogP contribution in [0.1, 0.15) is 26.4 Å². The second-order valence-electron chi connectivity index (χ2n) is 8.40. The van der Waals surface area contributed by atoms with E-state index in [0.29, 0.717) is 50.5 Å². The van der Waals surface area contributed by atoms with Crippen LogP contribution in [-0.4, -0.2) is 32.9 Å². The lowest BCUT2D eigenvalue weighted by atomic mass is 10.1. The molecule has 10 nitrogen and oxygen atoms in total. The van der Waals surface area contributed by atoms with E-state index < -0.39 is 0 Å². The first-order valence-electron chi connectivity index (χ1n) is 11.6. The van der Waals surface area contributed by atoms with Crippen molar-refractivity contribution in [2.75, 3.05) is 22.7 Å². The van der Waals surface area contributed by atoms with E-state index in [-0.39, 0.29) is 18.6 Å². The summed E-state index contributed by atoms with van der Waals surface area (Å²) in [5.74, 6) is 1.02. The van der Waals surface area contributed by atoms with Gasteiger partial charge < -0.3 is 25.4 Å². The minimum absolute atomic E-state index is 0.153. The number of hydrogen-bond donors (Lipinski definition) is 3. The molecule has 11 heteroatoms. The second-order valence-corrected chi connectivity index (χ2v) is 9.17. The van der Waals surface area contributed by atoms with Crippen LogP contribution in [-0.2, 0) is 0 Å². The summed E-state index contributed by atoms with van der Waals surface area (Å²) >= 11 is 1.16. The summed E-state index contributed by atoms with van der Waals surface area (Å²) in [6.45, 7) is 1.92. The van der Waals surface area contributed by atoms with Crippen LogP contribution in [0.15, 0.2) is 72.9 Å². The van der Waals surface area contributed by atoms with E-state index in [2.05, 4.69) is 30.3 Å². The van der Waals surface area contributed by atoms with Gasteiger partial charge >= 0.3 is 0 Å². The predicted octanol–water partition coefficient (Wildman–Crippen LogP) is 5.37. The number of benzene rings is 3. The number of fused-ring (bicyclic) bond motifs is 2. The summed E-state index contributed by atoms with van der Waals surface area (Å²) in [5, 5.41) is 9.41.